The Balaban J connectivity index is 1.87. The van der Waals surface area contributed by atoms with Crippen molar-refractivity contribution in [2.45, 2.75) is 26.3 Å². The van der Waals surface area contributed by atoms with Crippen LogP contribution in [0.2, 0.25) is 0 Å². The molecule has 3 aromatic carbocycles. The number of aryl methyl sites for hydroxylation is 2. The number of amides is 1. The first-order valence-corrected chi connectivity index (χ1v) is 10.5. The molecule has 1 heterocycles. The summed E-state index contributed by atoms with van der Waals surface area (Å²) in [5, 5.41) is 11.1. The van der Waals surface area contributed by atoms with Gasteiger partial charge in [0.25, 0.3) is 11.7 Å². The minimum absolute atomic E-state index is 0.127. The predicted molar refractivity (Wildman–Crippen MR) is 120 cm³/mol. The van der Waals surface area contributed by atoms with E-state index >= 15 is 0 Å². The van der Waals surface area contributed by atoms with E-state index in [1.54, 1.807) is 18.2 Å². The van der Waals surface area contributed by atoms with Crippen molar-refractivity contribution in [1.29, 1.82) is 0 Å². The summed E-state index contributed by atoms with van der Waals surface area (Å²) < 4.78 is 55.3. The summed E-state index contributed by atoms with van der Waals surface area (Å²) in [7, 11) is 0. The molecule has 0 saturated carbocycles. The minimum atomic E-state index is -4.89. The zero-order valence-electron chi connectivity index (χ0n) is 18.6. The molecule has 1 aliphatic heterocycles. The van der Waals surface area contributed by atoms with Crippen LogP contribution in [0, 0.1) is 19.7 Å². The molecule has 9 heteroatoms. The van der Waals surface area contributed by atoms with Crippen molar-refractivity contribution in [2.75, 3.05) is 4.90 Å². The standard InChI is InChI=1S/C26H19F4NO4/c1-14-4-3-5-16(12-14)22-21(23(32)17-6-11-20(27)15(2)13-17)24(33)25(34)31(22)18-7-9-19(10-8-18)35-26(28,29)30/h3-13,22,32H,1-2H3/b23-21-. The highest BCUT2D eigenvalue weighted by atomic mass is 19.4. The van der Waals surface area contributed by atoms with Crippen LogP contribution in [0.3, 0.4) is 0 Å². The highest BCUT2D eigenvalue weighted by molar-refractivity contribution is 6.51. The highest BCUT2D eigenvalue weighted by Crippen LogP contribution is 2.43. The van der Waals surface area contributed by atoms with Crippen molar-refractivity contribution in [3.8, 4) is 5.75 Å². The number of benzene rings is 3. The van der Waals surface area contributed by atoms with Gasteiger partial charge in [-0.25, -0.2) is 4.39 Å². The average molecular weight is 485 g/mol. The smallest absolute Gasteiger partial charge is 0.507 e. The minimum Gasteiger partial charge on any atom is -0.507 e. The van der Waals surface area contributed by atoms with Gasteiger partial charge in [0, 0.05) is 11.3 Å². The molecular formula is C26H19F4NO4. The number of Topliss-reactive ketones (excluding diaryl/α,β-unsaturated/α-hetero) is 1. The van der Waals surface area contributed by atoms with E-state index in [0.717, 1.165) is 28.7 Å². The van der Waals surface area contributed by atoms with Gasteiger partial charge in [0.05, 0.1) is 11.6 Å². The summed E-state index contributed by atoms with van der Waals surface area (Å²) in [6.07, 6.45) is -4.89. The highest BCUT2D eigenvalue weighted by Gasteiger charge is 2.47. The van der Waals surface area contributed by atoms with Crippen LogP contribution < -0.4 is 9.64 Å². The van der Waals surface area contributed by atoms with Gasteiger partial charge in [-0.15, -0.1) is 13.2 Å². The SMILES string of the molecule is Cc1cccc(C2/C(=C(/O)c3ccc(F)c(C)c3)C(=O)C(=O)N2c2ccc(OC(F)(F)F)cc2)c1. The number of aliphatic hydroxyl groups is 1. The average Bonchev–Trinajstić information content (AvgIpc) is 3.05. The van der Waals surface area contributed by atoms with E-state index in [4.69, 9.17) is 0 Å². The van der Waals surface area contributed by atoms with Gasteiger partial charge >= 0.3 is 6.36 Å². The van der Waals surface area contributed by atoms with Crippen LogP contribution in [0.15, 0.2) is 72.3 Å². The molecule has 1 saturated heterocycles. The van der Waals surface area contributed by atoms with Crippen molar-refractivity contribution in [3.63, 3.8) is 0 Å². The Labute approximate surface area is 197 Å². The Bertz CT molecular complexity index is 1350. The third-order valence-electron chi connectivity index (χ3n) is 5.58. The van der Waals surface area contributed by atoms with Gasteiger partial charge < -0.3 is 9.84 Å². The zero-order chi connectivity index (χ0) is 25.5. The van der Waals surface area contributed by atoms with Crippen LogP contribution in [-0.2, 0) is 9.59 Å². The fraction of sp³-hybridized carbons (Fsp3) is 0.154. The molecule has 1 aliphatic rings. The van der Waals surface area contributed by atoms with Crippen LogP contribution in [0.1, 0.15) is 28.3 Å². The van der Waals surface area contributed by atoms with Crippen molar-refractivity contribution in [2.24, 2.45) is 0 Å². The second-order valence-corrected chi connectivity index (χ2v) is 8.09. The number of nitrogens with zero attached hydrogens (tertiary/aromatic N) is 1. The van der Waals surface area contributed by atoms with Crippen LogP contribution in [-0.4, -0.2) is 23.2 Å². The molecule has 0 aliphatic carbocycles. The Morgan fingerprint density at radius 1 is 0.971 bits per heavy atom. The molecule has 1 amide bonds. The van der Waals surface area contributed by atoms with Gasteiger partial charge in [0.2, 0.25) is 0 Å². The first-order valence-electron chi connectivity index (χ1n) is 10.5. The number of rotatable bonds is 4. The third kappa shape index (κ3) is 4.75. The molecule has 0 spiro atoms. The van der Waals surface area contributed by atoms with Crippen LogP contribution in [0.25, 0.3) is 5.76 Å². The molecule has 4 rings (SSSR count). The Morgan fingerprint density at radius 2 is 1.66 bits per heavy atom. The lowest BCUT2D eigenvalue weighted by molar-refractivity contribution is -0.274. The van der Waals surface area contributed by atoms with E-state index in [-0.39, 0.29) is 22.4 Å². The summed E-state index contributed by atoms with van der Waals surface area (Å²) in [5.41, 5.74) is 1.61. The number of alkyl halides is 3. The largest absolute Gasteiger partial charge is 0.573 e. The van der Waals surface area contributed by atoms with Gasteiger partial charge in [0.1, 0.15) is 17.3 Å². The first kappa shape index (κ1) is 24.0. The molecule has 1 fully saturated rings. The van der Waals surface area contributed by atoms with Crippen molar-refractivity contribution in [3.05, 3.63) is 100 Å². The topological polar surface area (TPSA) is 66.8 Å². The van der Waals surface area contributed by atoms with Gasteiger partial charge in [-0.3, -0.25) is 14.5 Å². The molecule has 3 aromatic rings. The molecule has 0 bridgehead atoms. The fourth-order valence-corrected chi connectivity index (χ4v) is 4.01. The van der Waals surface area contributed by atoms with Gasteiger partial charge in [0.15, 0.2) is 0 Å². The van der Waals surface area contributed by atoms with Crippen LogP contribution in [0.5, 0.6) is 5.75 Å². The predicted octanol–water partition coefficient (Wildman–Crippen LogP) is 5.97. The quantitative estimate of drug-likeness (QED) is 0.214. The number of carbonyl (C=O) groups is 2. The first-order chi connectivity index (χ1) is 16.5. The van der Waals surface area contributed by atoms with Gasteiger partial charge in [-0.2, -0.15) is 0 Å². The van der Waals surface area contributed by atoms with Crippen molar-refractivity contribution in [1.82, 2.24) is 0 Å². The van der Waals surface area contributed by atoms with E-state index < -0.39 is 41.4 Å². The molecule has 180 valence electrons. The number of aliphatic hydroxyl groups excluding tert-OH is 1. The maximum atomic E-state index is 13.8. The van der Waals surface area contributed by atoms with E-state index in [2.05, 4.69) is 4.74 Å². The molecular weight excluding hydrogens is 466 g/mol. The van der Waals surface area contributed by atoms with Gasteiger partial charge in [-0.05, 0) is 67.4 Å². The number of hydrogen-bond acceptors (Lipinski definition) is 4. The third-order valence-corrected chi connectivity index (χ3v) is 5.58. The van der Waals surface area contributed by atoms with E-state index in [1.165, 1.54) is 31.2 Å². The maximum absolute atomic E-state index is 13.8. The van der Waals surface area contributed by atoms with Gasteiger partial charge in [-0.1, -0.05) is 29.8 Å². The number of ketones is 1. The van der Waals surface area contributed by atoms with Crippen LogP contribution in [0.4, 0.5) is 23.2 Å². The summed E-state index contributed by atoms with van der Waals surface area (Å²) in [5.74, 6) is -3.43. The lowest BCUT2D eigenvalue weighted by atomic mass is 9.94. The number of carbonyl (C=O) groups excluding carboxylic acids is 2. The van der Waals surface area contributed by atoms with E-state index in [1.807, 2.05) is 13.0 Å². The lowest BCUT2D eigenvalue weighted by Gasteiger charge is -2.26. The molecule has 1 N–H and O–H groups in total. The zero-order valence-corrected chi connectivity index (χ0v) is 18.6. The molecule has 1 atom stereocenters. The summed E-state index contributed by atoms with van der Waals surface area (Å²) >= 11 is 0. The van der Waals surface area contributed by atoms with Crippen LogP contribution >= 0.6 is 0 Å². The summed E-state index contributed by atoms with van der Waals surface area (Å²) in [6, 6.07) is 14.1. The maximum Gasteiger partial charge on any atom is 0.573 e. The molecule has 35 heavy (non-hydrogen) atoms. The second-order valence-electron chi connectivity index (χ2n) is 8.09. The number of hydrogen-bond donors (Lipinski definition) is 1. The van der Waals surface area contributed by atoms with E-state index in [0.29, 0.717) is 5.56 Å². The Hall–Kier alpha value is -4.14. The van der Waals surface area contributed by atoms with Crippen molar-refractivity contribution >= 4 is 23.1 Å². The number of anilines is 1. The second kappa shape index (κ2) is 8.90. The lowest BCUT2D eigenvalue weighted by Crippen LogP contribution is -2.29. The van der Waals surface area contributed by atoms with Crippen molar-refractivity contribution < 1.29 is 37.0 Å². The van der Waals surface area contributed by atoms with E-state index in [9.17, 15) is 32.3 Å². The summed E-state index contributed by atoms with van der Waals surface area (Å²) in [6.45, 7) is 3.30. The Morgan fingerprint density at radius 3 is 2.26 bits per heavy atom. The monoisotopic (exact) mass is 485 g/mol. The number of halogens is 4. The molecule has 0 aromatic heterocycles. The molecule has 0 radical (unpaired) electrons. The molecule has 5 nitrogen and oxygen atoms in total. The summed E-state index contributed by atoms with van der Waals surface area (Å²) in [4.78, 5) is 27.3. The molecule has 1 unspecified atom stereocenters. The normalized spacial score (nSPS) is 17.7. The Kier molecular flexibility index (Phi) is 6.10. The number of ether oxygens (including phenoxy) is 1. The fourth-order valence-electron chi connectivity index (χ4n) is 4.01.